The molecular weight excluding hydrogens is 296 g/mol. The SMILES string of the molecule is CC(Oc1ccc(C2CCSc3ccccc32)cc1)C(=O)O. The molecule has 0 aliphatic carbocycles. The number of carboxylic acid groups (broad SMARTS) is 1. The van der Waals surface area contributed by atoms with Gasteiger partial charge in [0.1, 0.15) is 5.75 Å². The Morgan fingerprint density at radius 1 is 1.23 bits per heavy atom. The molecule has 2 aromatic rings. The quantitative estimate of drug-likeness (QED) is 0.920. The Balaban J connectivity index is 1.81. The van der Waals surface area contributed by atoms with Crippen molar-refractivity contribution in [2.45, 2.75) is 30.3 Å². The number of hydrogen-bond donors (Lipinski definition) is 1. The first-order valence-corrected chi connectivity index (χ1v) is 8.35. The summed E-state index contributed by atoms with van der Waals surface area (Å²) in [7, 11) is 0. The van der Waals surface area contributed by atoms with E-state index in [-0.39, 0.29) is 0 Å². The predicted molar refractivity (Wildman–Crippen MR) is 87.8 cm³/mol. The third-order valence-electron chi connectivity index (χ3n) is 3.90. The van der Waals surface area contributed by atoms with Crippen molar-refractivity contribution in [3.63, 3.8) is 0 Å². The second-order valence-electron chi connectivity index (χ2n) is 5.39. The molecule has 1 heterocycles. The molecule has 2 atom stereocenters. The molecule has 2 aromatic carbocycles. The maximum atomic E-state index is 10.8. The molecule has 1 N–H and O–H groups in total. The summed E-state index contributed by atoms with van der Waals surface area (Å²) in [6.45, 7) is 1.53. The van der Waals surface area contributed by atoms with Crippen LogP contribution in [0, 0.1) is 0 Å². The second kappa shape index (κ2) is 6.44. The highest BCUT2D eigenvalue weighted by atomic mass is 32.2. The van der Waals surface area contributed by atoms with E-state index >= 15 is 0 Å². The van der Waals surface area contributed by atoms with Crippen LogP contribution in [-0.4, -0.2) is 22.9 Å². The van der Waals surface area contributed by atoms with Crippen molar-refractivity contribution in [2.24, 2.45) is 0 Å². The standard InChI is InChI=1S/C18H18O3S/c1-12(18(19)20)21-14-8-6-13(7-9-14)15-10-11-22-17-5-3-2-4-16(15)17/h2-9,12,15H,10-11H2,1H3,(H,19,20). The zero-order valence-corrected chi connectivity index (χ0v) is 13.2. The van der Waals surface area contributed by atoms with Crippen molar-refractivity contribution in [2.75, 3.05) is 5.75 Å². The van der Waals surface area contributed by atoms with Crippen LogP contribution in [0.1, 0.15) is 30.4 Å². The smallest absolute Gasteiger partial charge is 0.344 e. The predicted octanol–water partition coefficient (Wildman–Crippen LogP) is 4.17. The van der Waals surface area contributed by atoms with Gasteiger partial charge in [0.05, 0.1) is 0 Å². The zero-order chi connectivity index (χ0) is 15.5. The van der Waals surface area contributed by atoms with Gasteiger partial charge in [-0.1, -0.05) is 30.3 Å². The van der Waals surface area contributed by atoms with Gasteiger partial charge < -0.3 is 9.84 Å². The Labute approximate surface area is 134 Å². The number of ether oxygens (including phenoxy) is 1. The van der Waals surface area contributed by atoms with Crippen LogP contribution in [0.15, 0.2) is 53.4 Å². The van der Waals surface area contributed by atoms with E-state index in [0.29, 0.717) is 11.7 Å². The minimum absolute atomic E-state index is 0.406. The van der Waals surface area contributed by atoms with Gasteiger partial charge in [-0.05, 0) is 48.4 Å². The monoisotopic (exact) mass is 314 g/mol. The van der Waals surface area contributed by atoms with E-state index in [2.05, 4.69) is 24.3 Å². The highest BCUT2D eigenvalue weighted by molar-refractivity contribution is 7.99. The van der Waals surface area contributed by atoms with Crippen LogP contribution < -0.4 is 4.74 Å². The summed E-state index contributed by atoms with van der Waals surface area (Å²) < 4.78 is 5.38. The zero-order valence-electron chi connectivity index (χ0n) is 12.4. The Morgan fingerprint density at radius 2 is 1.95 bits per heavy atom. The number of benzene rings is 2. The molecule has 0 saturated carbocycles. The average molecular weight is 314 g/mol. The van der Waals surface area contributed by atoms with Gasteiger partial charge in [-0.3, -0.25) is 0 Å². The molecule has 22 heavy (non-hydrogen) atoms. The second-order valence-corrected chi connectivity index (χ2v) is 6.53. The lowest BCUT2D eigenvalue weighted by molar-refractivity contribution is -0.144. The number of hydrogen-bond acceptors (Lipinski definition) is 3. The Morgan fingerprint density at radius 3 is 2.68 bits per heavy atom. The fourth-order valence-corrected chi connectivity index (χ4v) is 3.85. The summed E-state index contributed by atoms with van der Waals surface area (Å²) in [5.74, 6) is 1.17. The normalized spacial score (nSPS) is 18.3. The van der Waals surface area contributed by atoms with Crippen LogP contribution in [0.25, 0.3) is 0 Å². The number of thioether (sulfide) groups is 1. The fraction of sp³-hybridized carbons (Fsp3) is 0.278. The molecular formula is C18H18O3S. The van der Waals surface area contributed by atoms with Gasteiger partial charge in [0, 0.05) is 10.8 Å². The Hall–Kier alpha value is -1.94. The van der Waals surface area contributed by atoms with Crippen molar-refractivity contribution in [3.05, 3.63) is 59.7 Å². The molecule has 0 fully saturated rings. The lowest BCUT2D eigenvalue weighted by atomic mass is 9.89. The molecule has 0 amide bonds. The molecule has 2 unspecified atom stereocenters. The van der Waals surface area contributed by atoms with Crippen molar-refractivity contribution in [1.29, 1.82) is 0 Å². The summed E-state index contributed by atoms with van der Waals surface area (Å²) in [4.78, 5) is 12.2. The lowest BCUT2D eigenvalue weighted by Crippen LogP contribution is -2.22. The highest BCUT2D eigenvalue weighted by Crippen LogP contribution is 2.41. The van der Waals surface area contributed by atoms with Crippen LogP contribution in [0.5, 0.6) is 5.75 Å². The Kier molecular flexibility index (Phi) is 4.39. The molecule has 3 rings (SSSR count). The highest BCUT2D eigenvalue weighted by Gasteiger charge is 2.22. The molecule has 0 saturated heterocycles. The molecule has 114 valence electrons. The van der Waals surface area contributed by atoms with Gasteiger partial charge in [-0.2, -0.15) is 0 Å². The largest absolute Gasteiger partial charge is 0.479 e. The molecule has 3 nitrogen and oxygen atoms in total. The minimum Gasteiger partial charge on any atom is -0.479 e. The van der Waals surface area contributed by atoms with E-state index in [4.69, 9.17) is 9.84 Å². The van der Waals surface area contributed by atoms with Crippen molar-refractivity contribution in [3.8, 4) is 5.75 Å². The maximum Gasteiger partial charge on any atom is 0.344 e. The number of aliphatic carboxylic acids is 1. The van der Waals surface area contributed by atoms with Crippen molar-refractivity contribution >= 4 is 17.7 Å². The molecule has 0 radical (unpaired) electrons. The molecule has 0 bridgehead atoms. The van der Waals surface area contributed by atoms with Crippen LogP contribution in [0.2, 0.25) is 0 Å². The molecule has 0 aromatic heterocycles. The van der Waals surface area contributed by atoms with E-state index in [1.165, 1.54) is 22.9 Å². The molecule has 0 spiro atoms. The van der Waals surface area contributed by atoms with E-state index in [9.17, 15) is 4.79 Å². The third kappa shape index (κ3) is 3.12. The van der Waals surface area contributed by atoms with Gasteiger partial charge in [0.2, 0.25) is 0 Å². The van der Waals surface area contributed by atoms with Crippen molar-refractivity contribution < 1.29 is 14.6 Å². The summed E-state index contributed by atoms with van der Waals surface area (Å²) in [5.41, 5.74) is 2.63. The van der Waals surface area contributed by atoms with Gasteiger partial charge in [0.25, 0.3) is 0 Å². The first-order chi connectivity index (χ1) is 10.6. The van der Waals surface area contributed by atoms with E-state index in [1.807, 2.05) is 36.0 Å². The van der Waals surface area contributed by atoms with E-state index < -0.39 is 12.1 Å². The first-order valence-electron chi connectivity index (χ1n) is 7.36. The van der Waals surface area contributed by atoms with Gasteiger partial charge in [-0.25, -0.2) is 4.79 Å². The Bertz CT molecular complexity index is 666. The first kappa shape index (κ1) is 15.0. The maximum absolute atomic E-state index is 10.8. The van der Waals surface area contributed by atoms with Gasteiger partial charge in [0.15, 0.2) is 6.10 Å². The summed E-state index contributed by atoms with van der Waals surface area (Å²) in [6.07, 6.45) is 0.283. The number of rotatable bonds is 4. The van der Waals surface area contributed by atoms with Crippen LogP contribution in [0.3, 0.4) is 0 Å². The van der Waals surface area contributed by atoms with Crippen molar-refractivity contribution in [1.82, 2.24) is 0 Å². The summed E-state index contributed by atoms with van der Waals surface area (Å²) in [5, 5.41) is 8.88. The summed E-state index contributed by atoms with van der Waals surface area (Å²) >= 11 is 1.91. The molecule has 4 heteroatoms. The average Bonchev–Trinajstić information content (AvgIpc) is 2.55. The fourth-order valence-electron chi connectivity index (χ4n) is 2.72. The third-order valence-corrected chi connectivity index (χ3v) is 5.02. The van der Waals surface area contributed by atoms with E-state index in [0.717, 1.165) is 12.2 Å². The van der Waals surface area contributed by atoms with Gasteiger partial charge >= 0.3 is 5.97 Å². The molecule has 1 aliphatic heterocycles. The number of carbonyl (C=O) groups is 1. The van der Waals surface area contributed by atoms with Crippen LogP contribution in [0.4, 0.5) is 0 Å². The van der Waals surface area contributed by atoms with Crippen LogP contribution >= 0.6 is 11.8 Å². The number of fused-ring (bicyclic) bond motifs is 1. The topological polar surface area (TPSA) is 46.5 Å². The minimum atomic E-state index is -0.956. The lowest BCUT2D eigenvalue weighted by Gasteiger charge is -2.25. The van der Waals surface area contributed by atoms with Crippen LogP contribution in [-0.2, 0) is 4.79 Å². The summed E-state index contributed by atoms with van der Waals surface area (Å²) in [6, 6.07) is 16.4. The number of carboxylic acids is 1. The van der Waals surface area contributed by atoms with E-state index in [1.54, 1.807) is 0 Å². The van der Waals surface area contributed by atoms with Gasteiger partial charge in [-0.15, -0.1) is 11.8 Å². The molecule has 1 aliphatic rings.